The Hall–Kier alpha value is -3.87. The van der Waals surface area contributed by atoms with E-state index in [0.717, 1.165) is 17.0 Å². The van der Waals surface area contributed by atoms with E-state index in [4.69, 9.17) is 24.7 Å². The maximum Gasteiger partial charge on any atom is 0.203 e. The van der Waals surface area contributed by atoms with Crippen LogP contribution in [0.1, 0.15) is 5.56 Å². The van der Waals surface area contributed by atoms with Crippen LogP contribution in [-0.4, -0.2) is 27.3 Å². The van der Waals surface area contributed by atoms with Gasteiger partial charge in [0, 0.05) is 17.3 Å². The number of ether oxygens (including phenoxy) is 4. The zero-order chi connectivity index (χ0) is 21.3. The number of rotatable bonds is 8. The fourth-order valence-corrected chi connectivity index (χ4v) is 2.91. The summed E-state index contributed by atoms with van der Waals surface area (Å²) < 4.78 is 22.0. The van der Waals surface area contributed by atoms with Gasteiger partial charge in [-0.1, -0.05) is 24.3 Å². The van der Waals surface area contributed by atoms with E-state index in [1.54, 1.807) is 27.4 Å². The average Bonchev–Trinajstić information content (AvgIpc) is 2.77. The van der Waals surface area contributed by atoms with Crippen LogP contribution in [0.3, 0.4) is 0 Å². The average molecular weight is 407 g/mol. The van der Waals surface area contributed by atoms with E-state index < -0.39 is 0 Å². The van der Waals surface area contributed by atoms with Gasteiger partial charge >= 0.3 is 0 Å². The van der Waals surface area contributed by atoms with Crippen LogP contribution in [0.4, 0.5) is 5.69 Å². The highest BCUT2D eigenvalue weighted by Gasteiger charge is 2.15. The Kier molecular flexibility index (Phi) is 7.00. The molecule has 3 rings (SSSR count). The topological polar surface area (TPSA) is 87.3 Å². The summed E-state index contributed by atoms with van der Waals surface area (Å²) in [4.78, 5) is 4.41. The van der Waals surface area contributed by atoms with Crippen molar-refractivity contribution in [1.82, 2.24) is 0 Å². The molecule has 0 amide bonds. The van der Waals surface area contributed by atoms with E-state index in [-0.39, 0.29) is 5.96 Å². The molecule has 0 aromatic heterocycles. The molecule has 0 bridgehead atoms. The molecule has 0 fully saturated rings. The number of guanidine groups is 1. The minimum Gasteiger partial charge on any atom is -0.493 e. The first-order valence-corrected chi connectivity index (χ1v) is 9.32. The Morgan fingerprint density at radius 1 is 0.833 bits per heavy atom. The molecule has 7 heteroatoms. The van der Waals surface area contributed by atoms with E-state index in [0.29, 0.717) is 29.5 Å². The quantitative estimate of drug-likeness (QED) is 0.424. The Morgan fingerprint density at radius 3 is 2.27 bits per heavy atom. The number of methoxy groups -OCH3 is 3. The molecule has 0 saturated heterocycles. The largest absolute Gasteiger partial charge is 0.493 e. The Labute approximate surface area is 176 Å². The molecule has 0 aliphatic carbocycles. The second-order valence-corrected chi connectivity index (χ2v) is 6.26. The highest BCUT2D eigenvalue weighted by molar-refractivity contribution is 5.92. The van der Waals surface area contributed by atoms with Gasteiger partial charge in [-0.2, -0.15) is 0 Å². The fourth-order valence-electron chi connectivity index (χ4n) is 2.91. The number of hydrogen-bond donors (Lipinski definition) is 2. The molecule has 3 N–H and O–H groups in total. The summed E-state index contributed by atoms with van der Waals surface area (Å²) in [6.45, 7) is 0.308. The lowest BCUT2D eigenvalue weighted by atomic mass is 10.1. The monoisotopic (exact) mass is 407 g/mol. The lowest BCUT2D eigenvalue weighted by molar-refractivity contribution is 0.322. The summed E-state index contributed by atoms with van der Waals surface area (Å²) in [7, 11) is 4.71. The second kappa shape index (κ2) is 10.1. The third-order valence-electron chi connectivity index (χ3n) is 4.29. The Morgan fingerprint density at radius 2 is 1.57 bits per heavy atom. The highest BCUT2D eigenvalue weighted by Crippen LogP contribution is 2.40. The van der Waals surface area contributed by atoms with Crippen LogP contribution < -0.4 is 30.0 Å². The number of aliphatic imine (C=N–C) groups is 1. The molecule has 0 aliphatic heterocycles. The lowest BCUT2D eigenvalue weighted by Crippen LogP contribution is -2.22. The first kappa shape index (κ1) is 20.9. The zero-order valence-electron chi connectivity index (χ0n) is 17.2. The second-order valence-electron chi connectivity index (χ2n) is 6.26. The molecule has 156 valence electrons. The van der Waals surface area contributed by atoms with Gasteiger partial charge in [-0.05, 0) is 36.4 Å². The van der Waals surface area contributed by atoms with Crippen LogP contribution in [-0.2, 0) is 6.54 Å². The third-order valence-corrected chi connectivity index (χ3v) is 4.29. The van der Waals surface area contributed by atoms with Crippen LogP contribution in [0, 0.1) is 0 Å². The van der Waals surface area contributed by atoms with Crippen molar-refractivity contribution < 1.29 is 18.9 Å². The molecular formula is C23H25N3O4. The van der Waals surface area contributed by atoms with Crippen LogP contribution in [0.25, 0.3) is 0 Å². The minimum atomic E-state index is 0.267. The van der Waals surface area contributed by atoms with Gasteiger partial charge in [-0.25, -0.2) is 4.99 Å². The summed E-state index contributed by atoms with van der Waals surface area (Å²) in [6.07, 6.45) is 0. The lowest BCUT2D eigenvalue weighted by Gasteiger charge is -2.15. The van der Waals surface area contributed by atoms with Gasteiger partial charge in [-0.3, -0.25) is 0 Å². The maximum absolute atomic E-state index is 6.08. The molecule has 0 unspecified atom stereocenters. The summed E-state index contributed by atoms with van der Waals surface area (Å²) >= 11 is 0. The SMILES string of the molecule is COc1ccc(CN=C(N)Nc2cccc(Oc3ccccc3)c2)c(OC)c1OC. The predicted octanol–water partition coefficient (Wildman–Crippen LogP) is 4.43. The number of para-hydroxylation sites is 1. The normalized spacial score (nSPS) is 11.0. The van der Waals surface area contributed by atoms with Gasteiger partial charge in [0.1, 0.15) is 11.5 Å². The summed E-state index contributed by atoms with van der Waals surface area (Å²) in [6, 6.07) is 20.7. The molecule has 0 spiro atoms. The van der Waals surface area contributed by atoms with Crippen molar-refractivity contribution in [1.29, 1.82) is 0 Å². The van der Waals surface area contributed by atoms with Crippen molar-refractivity contribution in [2.24, 2.45) is 10.7 Å². The van der Waals surface area contributed by atoms with E-state index in [1.807, 2.05) is 60.7 Å². The number of nitrogens with two attached hydrogens (primary N) is 1. The van der Waals surface area contributed by atoms with Crippen molar-refractivity contribution in [3.05, 3.63) is 72.3 Å². The van der Waals surface area contributed by atoms with Gasteiger partial charge in [0.25, 0.3) is 0 Å². The Balaban J connectivity index is 1.71. The number of nitrogens with zero attached hydrogens (tertiary/aromatic N) is 1. The third kappa shape index (κ3) is 5.14. The molecule has 7 nitrogen and oxygen atoms in total. The number of nitrogens with one attached hydrogen (secondary N) is 1. The minimum absolute atomic E-state index is 0.267. The smallest absolute Gasteiger partial charge is 0.203 e. The van der Waals surface area contributed by atoms with Crippen molar-refractivity contribution in [2.75, 3.05) is 26.6 Å². The van der Waals surface area contributed by atoms with Gasteiger partial charge in [0.15, 0.2) is 17.5 Å². The molecular weight excluding hydrogens is 382 g/mol. The molecule has 0 atom stereocenters. The van der Waals surface area contributed by atoms with Crippen LogP contribution in [0.15, 0.2) is 71.7 Å². The van der Waals surface area contributed by atoms with Gasteiger partial charge < -0.3 is 30.0 Å². The molecule has 30 heavy (non-hydrogen) atoms. The number of hydrogen-bond acceptors (Lipinski definition) is 5. The maximum atomic E-state index is 6.08. The first-order chi connectivity index (χ1) is 14.6. The van der Waals surface area contributed by atoms with E-state index in [2.05, 4.69) is 10.3 Å². The Bertz CT molecular complexity index is 1010. The van der Waals surface area contributed by atoms with E-state index in [1.165, 1.54) is 0 Å². The van der Waals surface area contributed by atoms with E-state index in [9.17, 15) is 0 Å². The van der Waals surface area contributed by atoms with Crippen molar-refractivity contribution in [3.63, 3.8) is 0 Å². The van der Waals surface area contributed by atoms with Crippen molar-refractivity contribution in [2.45, 2.75) is 6.54 Å². The fraction of sp³-hybridized carbons (Fsp3) is 0.174. The standard InChI is InChI=1S/C23H25N3O4/c1-27-20-13-12-16(21(28-2)22(20)29-3)15-25-23(24)26-17-8-7-11-19(14-17)30-18-9-5-4-6-10-18/h4-14H,15H2,1-3H3,(H3,24,25,26). The molecule has 0 heterocycles. The zero-order valence-corrected chi connectivity index (χ0v) is 17.2. The van der Waals surface area contributed by atoms with E-state index >= 15 is 0 Å². The van der Waals surface area contributed by atoms with Crippen LogP contribution in [0.5, 0.6) is 28.7 Å². The van der Waals surface area contributed by atoms with Crippen molar-refractivity contribution in [3.8, 4) is 28.7 Å². The molecule has 0 radical (unpaired) electrons. The van der Waals surface area contributed by atoms with Gasteiger partial charge in [0.05, 0.1) is 27.9 Å². The van der Waals surface area contributed by atoms with Crippen LogP contribution >= 0.6 is 0 Å². The number of benzene rings is 3. The van der Waals surface area contributed by atoms with Crippen molar-refractivity contribution >= 4 is 11.6 Å². The van der Waals surface area contributed by atoms with Crippen LogP contribution in [0.2, 0.25) is 0 Å². The first-order valence-electron chi connectivity index (χ1n) is 9.32. The molecule has 3 aromatic carbocycles. The molecule has 3 aromatic rings. The summed E-state index contributed by atoms with van der Waals surface area (Å²) in [5.74, 6) is 3.39. The molecule has 0 aliphatic rings. The number of anilines is 1. The summed E-state index contributed by atoms with van der Waals surface area (Å²) in [5, 5.41) is 3.08. The molecule has 0 saturated carbocycles. The van der Waals surface area contributed by atoms with Gasteiger partial charge in [-0.15, -0.1) is 0 Å². The summed E-state index contributed by atoms with van der Waals surface area (Å²) in [5.41, 5.74) is 7.66. The van der Waals surface area contributed by atoms with Gasteiger partial charge in [0.2, 0.25) is 5.75 Å². The predicted molar refractivity (Wildman–Crippen MR) is 118 cm³/mol. The highest BCUT2D eigenvalue weighted by atomic mass is 16.5.